The zero-order chi connectivity index (χ0) is 14.4. The molecule has 2 rings (SSSR count). The Morgan fingerprint density at radius 3 is 1.84 bits per heavy atom. The zero-order valence-electron chi connectivity index (χ0n) is 12.3. The van der Waals surface area contributed by atoms with Gasteiger partial charge in [-0.2, -0.15) is 0 Å². The van der Waals surface area contributed by atoms with Gasteiger partial charge in [0.1, 0.15) is 0 Å². The highest BCUT2D eigenvalue weighted by atomic mass is 16.3. The number of nitrogens with zero attached hydrogens (tertiary/aromatic N) is 3. The first kappa shape index (κ1) is 15.9. The van der Waals surface area contributed by atoms with Gasteiger partial charge >= 0.3 is 0 Å². The number of aromatic nitrogens is 2. The van der Waals surface area contributed by atoms with E-state index in [1.54, 1.807) is 0 Å². The summed E-state index contributed by atoms with van der Waals surface area (Å²) in [6.07, 6.45) is 1.75. The van der Waals surface area contributed by atoms with Gasteiger partial charge in [-0.05, 0) is 32.8 Å². The smallest absolute Gasteiger partial charge is 0.226 e. The molecule has 1 aliphatic heterocycles. The molecule has 1 saturated heterocycles. The SMILES string of the molecule is CC.Cc1cc(C)nc(N2C(CO)CCC2CO)n1. The van der Waals surface area contributed by atoms with Crippen LogP contribution in [-0.4, -0.2) is 45.5 Å². The monoisotopic (exact) mass is 267 g/mol. The third kappa shape index (κ3) is 3.64. The lowest BCUT2D eigenvalue weighted by Gasteiger charge is -2.28. The summed E-state index contributed by atoms with van der Waals surface area (Å²) in [5.74, 6) is 0.623. The fraction of sp³-hybridized carbons (Fsp3) is 0.714. The Morgan fingerprint density at radius 1 is 1.05 bits per heavy atom. The Hall–Kier alpha value is -1.20. The van der Waals surface area contributed by atoms with Crippen molar-refractivity contribution in [3.05, 3.63) is 17.5 Å². The van der Waals surface area contributed by atoms with E-state index in [1.165, 1.54) is 0 Å². The van der Waals surface area contributed by atoms with Crippen LogP contribution in [0, 0.1) is 13.8 Å². The molecule has 2 heterocycles. The minimum absolute atomic E-state index is 0.0216. The predicted octanol–water partition coefficient (Wildman–Crippen LogP) is 1.44. The Balaban J connectivity index is 0.000000861. The second kappa shape index (κ2) is 7.40. The largest absolute Gasteiger partial charge is 0.394 e. The first-order chi connectivity index (χ1) is 9.15. The lowest BCUT2D eigenvalue weighted by atomic mass is 10.2. The number of aryl methyl sites for hydroxylation is 2. The number of hydrogen-bond acceptors (Lipinski definition) is 5. The summed E-state index contributed by atoms with van der Waals surface area (Å²) in [7, 11) is 0. The van der Waals surface area contributed by atoms with Gasteiger partial charge in [-0.15, -0.1) is 0 Å². The van der Waals surface area contributed by atoms with Gasteiger partial charge in [0.05, 0.1) is 25.3 Å². The number of anilines is 1. The standard InChI is InChI=1S/C12H19N3O2.C2H6/c1-8-5-9(2)14-12(13-8)15-10(6-16)3-4-11(15)7-17;1-2/h5,10-11,16-17H,3-4,6-7H2,1-2H3;1-2H3. The minimum Gasteiger partial charge on any atom is -0.394 e. The Morgan fingerprint density at radius 2 is 1.47 bits per heavy atom. The highest BCUT2D eigenvalue weighted by molar-refractivity contribution is 5.37. The summed E-state index contributed by atoms with van der Waals surface area (Å²) >= 11 is 0. The van der Waals surface area contributed by atoms with E-state index in [2.05, 4.69) is 9.97 Å². The highest BCUT2D eigenvalue weighted by Crippen LogP contribution is 2.28. The van der Waals surface area contributed by atoms with E-state index < -0.39 is 0 Å². The topological polar surface area (TPSA) is 69.5 Å². The summed E-state index contributed by atoms with van der Waals surface area (Å²) in [5, 5.41) is 18.7. The van der Waals surface area contributed by atoms with E-state index >= 15 is 0 Å². The van der Waals surface area contributed by atoms with Gasteiger partial charge in [0.15, 0.2) is 0 Å². The summed E-state index contributed by atoms with van der Waals surface area (Å²) < 4.78 is 0. The molecule has 0 spiro atoms. The predicted molar refractivity (Wildman–Crippen MR) is 76.3 cm³/mol. The van der Waals surface area contributed by atoms with E-state index in [1.807, 2.05) is 38.7 Å². The maximum absolute atomic E-state index is 9.37. The van der Waals surface area contributed by atoms with Crippen LogP contribution in [0.3, 0.4) is 0 Å². The Bertz CT molecular complexity index is 366. The Kier molecular flexibility index (Phi) is 6.18. The molecule has 1 aromatic rings. The number of rotatable bonds is 3. The van der Waals surface area contributed by atoms with E-state index in [0.29, 0.717) is 5.95 Å². The van der Waals surface area contributed by atoms with E-state index in [9.17, 15) is 10.2 Å². The van der Waals surface area contributed by atoms with Crippen molar-refractivity contribution in [2.75, 3.05) is 18.1 Å². The van der Waals surface area contributed by atoms with Crippen molar-refractivity contribution in [1.82, 2.24) is 9.97 Å². The molecule has 19 heavy (non-hydrogen) atoms. The molecule has 1 aromatic heterocycles. The van der Waals surface area contributed by atoms with Gasteiger partial charge in [0.25, 0.3) is 0 Å². The van der Waals surface area contributed by atoms with Gasteiger partial charge in [-0.1, -0.05) is 13.8 Å². The van der Waals surface area contributed by atoms with Crippen molar-refractivity contribution in [2.24, 2.45) is 0 Å². The summed E-state index contributed by atoms with van der Waals surface area (Å²) in [6.45, 7) is 8.01. The number of aliphatic hydroxyl groups is 2. The molecule has 2 atom stereocenters. The lowest BCUT2D eigenvalue weighted by molar-refractivity contribution is 0.246. The summed E-state index contributed by atoms with van der Waals surface area (Å²) in [6, 6.07) is 1.96. The molecule has 0 saturated carbocycles. The molecular weight excluding hydrogens is 242 g/mol. The maximum atomic E-state index is 9.37. The third-order valence-electron chi connectivity index (χ3n) is 3.24. The third-order valence-corrected chi connectivity index (χ3v) is 3.24. The fourth-order valence-corrected chi connectivity index (χ4v) is 2.47. The van der Waals surface area contributed by atoms with E-state index in [-0.39, 0.29) is 25.3 Å². The fourth-order valence-electron chi connectivity index (χ4n) is 2.47. The molecular formula is C14H25N3O2. The maximum Gasteiger partial charge on any atom is 0.226 e. The van der Waals surface area contributed by atoms with Crippen LogP contribution in [0.4, 0.5) is 5.95 Å². The van der Waals surface area contributed by atoms with Crippen LogP contribution in [0.1, 0.15) is 38.1 Å². The molecule has 1 aliphatic rings. The normalized spacial score (nSPS) is 22.1. The van der Waals surface area contributed by atoms with Crippen LogP contribution in [0.2, 0.25) is 0 Å². The van der Waals surface area contributed by atoms with Crippen LogP contribution in [0.15, 0.2) is 6.07 Å². The van der Waals surface area contributed by atoms with Gasteiger partial charge < -0.3 is 15.1 Å². The van der Waals surface area contributed by atoms with E-state index in [0.717, 1.165) is 24.2 Å². The first-order valence-corrected chi connectivity index (χ1v) is 6.98. The molecule has 5 heteroatoms. The van der Waals surface area contributed by atoms with Crippen LogP contribution in [0.25, 0.3) is 0 Å². The lowest BCUT2D eigenvalue weighted by Crippen LogP contribution is -2.41. The molecule has 0 radical (unpaired) electrons. The summed E-state index contributed by atoms with van der Waals surface area (Å²) in [5.41, 5.74) is 1.82. The average molecular weight is 267 g/mol. The molecule has 5 nitrogen and oxygen atoms in total. The van der Waals surface area contributed by atoms with Crippen molar-refractivity contribution in [1.29, 1.82) is 0 Å². The molecule has 0 aliphatic carbocycles. The van der Waals surface area contributed by atoms with Crippen LogP contribution in [0.5, 0.6) is 0 Å². The zero-order valence-corrected chi connectivity index (χ0v) is 12.3. The molecule has 108 valence electrons. The van der Waals surface area contributed by atoms with Crippen LogP contribution in [-0.2, 0) is 0 Å². The van der Waals surface area contributed by atoms with Gasteiger partial charge in [-0.3, -0.25) is 0 Å². The molecule has 0 amide bonds. The summed E-state index contributed by atoms with van der Waals surface area (Å²) in [4.78, 5) is 10.8. The second-order valence-corrected chi connectivity index (χ2v) is 4.61. The molecule has 1 fully saturated rings. The highest BCUT2D eigenvalue weighted by Gasteiger charge is 2.34. The Labute approximate surface area is 115 Å². The second-order valence-electron chi connectivity index (χ2n) is 4.61. The number of aliphatic hydroxyl groups excluding tert-OH is 2. The van der Waals surface area contributed by atoms with Gasteiger partial charge in [0, 0.05) is 11.4 Å². The molecule has 0 bridgehead atoms. The molecule has 2 N–H and O–H groups in total. The quantitative estimate of drug-likeness (QED) is 0.867. The van der Waals surface area contributed by atoms with Crippen molar-refractivity contribution in [2.45, 2.75) is 52.6 Å². The first-order valence-electron chi connectivity index (χ1n) is 6.98. The van der Waals surface area contributed by atoms with Crippen molar-refractivity contribution >= 4 is 5.95 Å². The van der Waals surface area contributed by atoms with Crippen molar-refractivity contribution in [3.63, 3.8) is 0 Å². The van der Waals surface area contributed by atoms with Crippen LogP contribution >= 0.6 is 0 Å². The molecule has 2 unspecified atom stereocenters. The van der Waals surface area contributed by atoms with Crippen LogP contribution < -0.4 is 4.90 Å². The van der Waals surface area contributed by atoms with Gasteiger partial charge in [-0.25, -0.2) is 9.97 Å². The molecule has 0 aromatic carbocycles. The van der Waals surface area contributed by atoms with Crippen molar-refractivity contribution < 1.29 is 10.2 Å². The van der Waals surface area contributed by atoms with Crippen molar-refractivity contribution in [3.8, 4) is 0 Å². The van der Waals surface area contributed by atoms with Gasteiger partial charge in [0.2, 0.25) is 5.95 Å². The number of hydrogen-bond donors (Lipinski definition) is 2. The average Bonchev–Trinajstić information content (AvgIpc) is 2.82. The van der Waals surface area contributed by atoms with E-state index in [4.69, 9.17) is 0 Å². The minimum atomic E-state index is 0.0216.